The largest absolute Gasteiger partial charge is 0.393 e. The van der Waals surface area contributed by atoms with Crippen molar-refractivity contribution in [2.45, 2.75) is 38.2 Å². The maximum absolute atomic E-state index is 9.80. The molecule has 1 saturated carbocycles. The lowest BCUT2D eigenvalue weighted by Crippen LogP contribution is -2.26. The molecule has 1 heterocycles. The van der Waals surface area contributed by atoms with E-state index in [1.165, 1.54) is 12.8 Å². The summed E-state index contributed by atoms with van der Waals surface area (Å²) in [7, 11) is 0. The summed E-state index contributed by atoms with van der Waals surface area (Å²) in [6.45, 7) is 0. The van der Waals surface area contributed by atoms with Crippen molar-refractivity contribution in [1.29, 1.82) is 0 Å². The normalized spacial score (nSPS) is 27.5. The zero-order valence-corrected chi connectivity index (χ0v) is 8.39. The summed E-state index contributed by atoms with van der Waals surface area (Å²) in [5, 5.41) is 9.80. The average molecular weight is 191 g/mol. The summed E-state index contributed by atoms with van der Waals surface area (Å²) < 4.78 is 0. The van der Waals surface area contributed by atoms with Crippen LogP contribution in [0, 0.1) is 5.92 Å². The van der Waals surface area contributed by atoms with Crippen molar-refractivity contribution >= 4 is 0 Å². The first-order chi connectivity index (χ1) is 6.86. The third-order valence-electron chi connectivity index (χ3n) is 3.07. The highest BCUT2D eigenvalue weighted by atomic mass is 16.3. The standard InChI is InChI=1S/C12H17NO/c14-12-7-2-1-5-10(12)9-11-6-3-4-8-13-11/h3-4,6,8,10,12,14H,1-2,5,7,9H2/t10-,12-/m1/s1. The minimum absolute atomic E-state index is 0.106. The minimum atomic E-state index is -0.106. The molecule has 2 heteroatoms. The number of nitrogens with zero attached hydrogens (tertiary/aromatic N) is 1. The van der Waals surface area contributed by atoms with E-state index in [-0.39, 0.29) is 6.10 Å². The fraction of sp³-hybridized carbons (Fsp3) is 0.583. The number of hydrogen-bond donors (Lipinski definition) is 1. The van der Waals surface area contributed by atoms with E-state index in [9.17, 15) is 5.11 Å². The molecule has 0 aliphatic heterocycles. The number of pyridine rings is 1. The second-order valence-corrected chi connectivity index (χ2v) is 4.14. The number of hydrogen-bond acceptors (Lipinski definition) is 2. The van der Waals surface area contributed by atoms with Crippen LogP contribution in [0.5, 0.6) is 0 Å². The van der Waals surface area contributed by atoms with Gasteiger partial charge in [-0.1, -0.05) is 18.9 Å². The molecule has 2 rings (SSSR count). The Bertz CT molecular complexity index is 273. The molecule has 14 heavy (non-hydrogen) atoms. The molecule has 0 aromatic carbocycles. The van der Waals surface area contributed by atoms with E-state index >= 15 is 0 Å². The lowest BCUT2D eigenvalue weighted by Gasteiger charge is -2.27. The summed E-state index contributed by atoms with van der Waals surface area (Å²) in [4.78, 5) is 4.30. The van der Waals surface area contributed by atoms with Crippen LogP contribution in [0.1, 0.15) is 31.4 Å². The number of rotatable bonds is 2. The van der Waals surface area contributed by atoms with Gasteiger partial charge in [0.2, 0.25) is 0 Å². The summed E-state index contributed by atoms with van der Waals surface area (Å²) in [5.41, 5.74) is 1.11. The van der Waals surface area contributed by atoms with E-state index < -0.39 is 0 Å². The van der Waals surface area contributed by atoms with Crippen LogP contribution in [0.3, 0.4) is 0 Å². The smallest absolute Gasteiger partial charge is 0.0572 e. The van der Waals surface area contributed by atoms with Crippen molar-refractivity contribution in [1.82, 2.24) is 4.98 Å². The van der Waals surface area contributed by atoms with Gasteiger partial charge in [-0.2, -0.15) is 0 Å². The molecule has 0 radical (unpaired) electrons. The molecular weight excluding hydrogens is 174 g/mol. The third-order valence-corrected chi connectivity index (χ3v) is 3.07. The van der Waals surface area contributed by atoms with Crippen LogP contribution >= 0.6 is 0 Å². The van der Waals surface area contributed by atoms with Gasteiger partial charge in [0.15, 0.2) is 0 Å². The molecule has 1 N–H and O–H groups in total. The van der Waals surface area contributed by atoms with E-state index in [1.54, 1.807) is 0 Å². The lowest BCUT2D eigenvalue weighted by atomic mass is 9.83. The second kappa shape index (κ2) is 4.56. The van der Waals surface area contributed by atoms with Crippen molar-refractivity contribution in [2.75, 3.05) is 0 Å². The first-order valence-corrected chi connectivity index (χ1v) is 5.44. The highest BCUT2D eigenvalue weighted by molar-refractivity contribution is 5.05. The molecule has 0 amide bonds. The van der Waals surface area contributed by atoms with Crippen LogP contribution < -0.4 is 0 Å². The Hall–Kier alpha value is -0.890. The lowest BCUT2D eigenvalue weighted by molar-refractivity contribution is 0.0695. The average Bonchev–Trinajstić information content (AvgIpc) is 2.23. The van der Waals surface area contributed by atoms with Crippen molar-refractivity contribution in [2.24, 2.45) is 5.92 Å². The summed E-state index contributed by atoms with van der Waals surface area (Å²) in [5.74, 6) is 0.429. The Morgan fingerprint density at radius 2 is 2.14 bits per heavy atom. The van der Waals surface area contributed by atoms with Crippen LogP contribution in [-0.4, -0.2) is 16.2 Å². The van der Waals surface area contributed by atoms with E-state index in [1.807, 2.05) is 24.4 Å². The number of aromatic nitrogens is 1. The molecular formula is C12H17NO. The Kier molecular flexibility index (Phi) is 3.14. The molecule has 2 atom stereocenters. The van der Waals surface area contributed by atoms with Gasteiger partial charge in [0, 0.05) is 11.9 Å². The quantitative estimate of drug-likeness (QED) is 0.777. The summed E-state index contributed by atoms with van der Waals surface area (Å²) in [6, 6.07) is 5.99. The summed E-state index contributed by atoms with van der Waals surface area (Å²) in [6.07, 6.45) is 7.21. The zero-order valence-electron chi connectivity index (χ0n) is 8.39. The monoisotopic (exact) mass is 191 g/mol. The molecule has 1 aliphatic rings. The maximum atomic E-state index is 9.80. The molecule has 1 aromatic rings. The minimum Gasteiger partial charge on any atom is -0.393 e. The van der Waals surface area contributed by atoms with E-state index in [0.29, 0.717) is 5.92 Å². The Labute approximate surface area is 85.0 Å². The van der Waals surface area contributed by atoms with Crippen LogP contribution in [0.2, 0.25) is 0 Å². The van der Waals surface area contributed by atoms with Gasteiger partial charge in [0.25, 0.3) is 0 Å². The van der Waals surface area contributed by atoms with Crippen LogP contribution in [-0.2, 0) is 6.42 Å². The SMILES string of the molecule is O[C@@H]1CCCC[C@@H]1Cc1ccccn1. The molecule has 2 nitrogen and oxygen atoms in total. The zero-order chi connectivity index (χ0) is 9.80. The van der Waals surface area contributed by atoms with Gasteiger partial charge >= 0.3 is 0 Å². The molecule has 0 spiro atoms. The highest BCUT2D eigenvalue weighted by Gasteiger charge is 2.23. The van der Waals surface area contributed by atoms with Gasteiger partial charge in [-0.25, -0.2) is 0 Å². The molecule has 1 aliphatic carbocycles. The number of aliphatic hydroxyl groups is 1. The summed E-state index contributed by atoms with van der Waals surface area (Å²) >= 11 is 0. The maximum Gasteiger partial charge on any atom is 0.0572 e. The fourth-order valence-corrected chi connectivity index (χ4v) is 2.21. The van der Waals surface area contributed by atoms with Gasteiger partial charge in [0.05, 0.1) is 6.10 Å². The van der Waals surface area contributed by atoms with E-state index in [2.05, 4.69) is 4.98 Å². The Morgan fingerprint density at radius 3 is 2.86 bits per heavy atom. The van der Waals surface area contributed by atoms with Crippen molar-refractivity contribution in [3.63, 3.8) is 0 Å². The predicted octanol–water partition coefficient (Wildman–Crippen LogP) is 2.18. The van der Waals surface area contributed by atoms with Gasteiger partial charge in [-0.3, -0.25) is 4.98 Å². The van der Waals surface area contributed by atoms with Gasteiger partial charge in [-0.15, -0.1) is 0 Å². The molecule has 0 saturated heterocycles. The van der Waals surface area contributed by atoms with Crippen molar-refractivity contribution in [3.05, 3.63) is 30.1 Å². The first kappa shape index (κ1) is 9.66. The Morgan fingerprint density at radius 1 is 1.29 bits per heavy atom. The molecule has 1 aromatic heterocycles. The predicted molar refractivity (Wildman–Crippen MR) is 55.9 cm³/mol. The van der Waals surface area contributed by atoms with Gasteiger partial charge in [0.1, 0.15) is 0 Å². The van der Waals surface area contributed by atoms with Gasteiger partial charge < -0.3 is 5.11 Å². The topological polar surface area (TPSA) is 33.1 Å². The molecule has 0 unspecified atom stereocenters. The Balaban J connectivity index is 1.96. The second-order valence-electron chi connectivity index (χ2n) is 4.14. The highest BCUT2D eigenvalue weighted by Crippen LogP contribution is 2.26. The van der Waals surface area contributed by atoms with E-state index in [4.69, 9.17) is 0 Å². The fourth-order valence-electron chi connectivity index (χ4n) is 2.21. The van der Waals surface area contributed by atoms with Crippen molar-refractivity contribution in [3.8, 4) is 0 Å². The third kappa shape index (κ3) is 2.32. The van der Waals surface area contributed by atoms with E-state index in [0.717, 1.165) is 25.0 Å². The van der Waals surface area contributed by atoms with Crippen molar-refractivity contribution < 1.29 is 5.11 Å². The molecule has 0 bridgehead atoms. The van der Waals surface area contributed by atoms with Crippen LogP contribution in [0.15, 0.2) is 24.4 Å². The van der Waals surface area contributed by atoms with Crippen LogP contribution in [0.4, 0.5) is 0 Å². The molecule has 76 valence electrons. The van der Waals surface area contributed by atoms with Gasteiger partial charge in [-0.05, 0) is 37.3 Å². The number of aliphatic hydroxyl groups excluding tert-OH is 1. The molecule has 1 fully saturated rings. The first-order valence-electron chi connectivity index (χ1n) is 5.44. The van der Waals surface area contributed by atoms with Crippen LogP contribution in [0.25, 0.3) is 0 Å².